The van der Waals surface area contributed by atoms with Gasteiger partial charge in [-0.25, -0.2) is 8.42 Å². The number of nitrogens with one attached hydrogen (secondary N) is 4. The number of sulfonamides is 1. The SMILES string of the molecule is COc1nc(N2CCC(Nc3cccc(NS(C)(=O)=O)c3)C2=O)ccc1C1CNNC1. The molecule has 2 aliphatic rings. The van der Waals surface area contributed by atoms with Gasteiger partial charge < -0.3 is 10.1 Å². The number of carbonyl (C=O) groups excluding carboxylic acids is 1. The van der Waals surface area contributed by atoms with Crippen molar-refractivity contribution in [3.8, 4) is 5.88 Å². The van der Waals surface area contributed by atoms with E-state index < -0.39 is 16.1 Å². The molecule has 1 unspecified atom stereocenters. The molecule has 166 valence electrons. The number of aromatic nitrogens is 1. The van der Waals surface area contributed by atoms with Crippen LogP contribution in [-0.2, 0) is 14.8 Å². The Morgan fingerprint density at radius 3 is 2.61 bits per heavy atom. The summed E-state index contributed by atoms with van der Waals surface area (Å²) in [7, 11) is -1.79. The topological polar surface area (TPSA) is 125 Å². The van der Waals surface area contributed by atoms with Crippen LogP contribution in [0.4, 0.5) is 17.2 Å². The van der Waals surface area contributed by atoms with E-state index in [0.29, 0.717) is 36.0 Å². The van der Waals surface area contributed by atoms with Crippen LogP contribution < -0.4 is 30.5 Å². The lowest BCUT2D eigenvalue weighted by atomic mass is 10.0. The number of pyridine rings is 1. The van der Waals surface area contributed by atoms with E-state index >= 15 is 0 Å². The maximum absolute atomic E-state index is 13.0. The van der Waals surface area contributed by atoms with Crippen molar-refractivity contribution < 1.29 is 17.9 Å². The van der Waals surface area contributed by atoms with Gasteiger partial charge in [0.05, 0.1) is 19.1 Å². The van der Waals surface area contributed by atoms with E-state index in [4.69, 9.17) is 4.74 Å². The third-order valence-corrected chi connectivity index (χ3v) is 5.93. The lowest BCUT2D eigenvalue weighted by Gasteiger charge is -2.19. The van der Waals surface area contributed by atoms with Crippen molar-refractivity contribution >= 4 is 33.1 Å². The highest BCUT2D eigenvalue weighted by atomic mass is 32.2. The molecule has 0 radical (unpaired) electrons. The van der Waals surface area contributed by atoms with Crippen molar-refractivity contribution in [3.63, 3.8) is 0 Å². The number of anilines is 3. The molecule has 1 aromatic carbocycles. The third-order valence-electron chi connectivity index (χ3n) is 5.32. The maximum Gasteiger partial charge on any atom is 0.250 e. The first-order valence-electron chi connectivity index (χ1n) is 10.0. The number of methoxy groups -OCH3 is 1. The van der Waals surface area contributed by atoms with Gasteiger partial charge in [-0.2, -0.15) is 4.98 Å². The fraction of sp³-hybridized carbons (Fsp3) is 0.400. The highest BCUT2D eigenvalue weighted by Gasteiger charge is 2.34. The lowest BCUT2D eigenvalue weighted by molar-refractivity contribution is -0.117. The minimum Gasteiger partial charge on any atom is -0.481 e. The summed E-state index contributed by atoms with van der Waals surface area (Å²) in [6.45, 7) is 2.11. The van der Waals surface area contributed by atoms with Crippen molar-refractivity contribution in [1.29, 1.82) is 0 Å². The highest BCUT2D eigenvalue weighted by molar-refractivity contribution is 7.92. The van der Waals surface area contributed by atoms with Gasteiger partial charge in [0.25, 0.3) is 5.91 Å². The number of nitrogens with zero attached hydrogens (tertiary/aromatic N) is 2. The van der Waals surface area contributed by atoms with Gasteiger partial charge in [0.2, 0.25) is 15.9 Å². The van der Waals surface area contributed by atoms with Gasteiger partial charge >= 0.3 is 0 Å². The number of benzene rings is 1. The summed E-state index contributed by atoms with van der Waals surface area (Å²) in [4.78, 5) is 19.2. The average molecular weight is 447 g/mol. The molecule has 0 aliphatic carbocycles. The zero-order valence-corrected chi connectivity index (χ0v) is 18.2. The molecule has 1 atom stereocenters. The van der Waals surface area contributed by atoms with Gasteiger partial charge in [0, 0.05) is 36.8 Å². The predicted molar refractivity (Wildman–Crippen MR) is 119 cm³/mol. The molecule has 2 aliphatic heterocycles. The van der Waals surface area contributed by atoms with Gasteiger partial charge in [0.15, 0.2) is 0 Å². The molecule has 1 amide bonds. The van der Waals surface area contributed by atoms with Gasteiger partial charge in [-0.15, -0.1) is 0 Å². The van der Waals surface area contributed by atoms with Crippen LogP contribution in [0.15, 0.2) is 36.4 Å². The summed E-state index contributed by atoms with van der Waals surface area (Å²) in [5.41, 5.74) is 8.30. The first-order valence-corrected chi connectivity index (χ1v) is 11.9. The van der Waals surface area contributed by atoms with Crippen LogP contribution >= 0.6 is 0 Å². The molecule has 0 bridgehead atoms. The fourth-order valence-corrected chi connectivity index (χ4v) is 4.43. The first-order chi connectivity index (χ1) is 14.8. The second-order valence-electron chi connectivity index (χ2n) is 7.66. The normalized spacial score (nSPS) is 19.6. The Bertz CT molecular complexity index is 1070. The Morgan fingerprint density at radius 2 is 1.90 bits per heavy atom. The van der Waals surface area contributed by atoms with Crippen LogP contribution in [0.2, 0.25) is 0 Å². The van der Waals surface area contributed by atoms with Crippen molar-refractivity contribution in [3.05, 3.63) is 42.0 Å². The summed E-state index contributed by atoms with van der Waals surface area (Å²) in [5, 5.41) is 3.20. The van der Waals surface area contributed by atoms with Crippen LogP contribution in [0.5, 0.6) is 5.88 Å². The predicted octanol–water partition coefficient (Wildman–Crippen LogP) is 0.871. The summed E-state index contributed by atoms with van der Waals surface area (Å²) < 4.78 is 30.8. The van der Waals surface area contributed by atoms with E-state index in [1.54, 1.807) is 36.3 Å². The molecule has 2 aromatic rings. The second kappa shape index (κ2) is 8.69. The molecule has 0 saturated carbocycles. The van der Waals surface area contributed by atoms with Crippen LogP contribution in [-0.4, -0.2) is 58.4 Å². The maximum atomic E-state index is 13.0. The molecule has 3 heterocycles. The number of hydrazine groups is 1. The number of rotatable bonds is 7. The van der Waals surface area contributed by atoms with Crippen LogP contribution in [0.3, 0.4) is 0 Å². The molecule has 2 fully saturated rings. The van der Waals surface area contributed by atoms with E-state index in [1.807, 2.05) is 12.1 Å². The minimum absolute atomic E-state index is 0.0898. The summed E-state index contributed by atoms with van der Waals surface area (Å²) in [5.74, 6) is 1.25. The molecule has 1 aromatic heterocycles. The molecule has 4 N–H and O–H groups in total. The van der Waals surface area contributed by atoms with Crippen molar-refractivity contribution in [2.45, 2.75) is 18.4 Å². The fourth-order valence-electron chi connectivity index (χ4n) is 3.88. The van der Waals surface area contributed by atoms with E-state index in [9.17, 15) is 13.2 Å². The van der Waals surface area contributed by atoms with Gasteiger partial charge in [-0.1, -0.05) is 6.07 Å². The Balaban J connectivity index is 1.47. The summed E-state index contributed by atoms with van der Waals surface area (Å²) >= 11 is 0. The number of hydrogen-bond donors (Lipinski definition) is 4. The number of hydrogen-bond acceptors (Lipinski definition) is 8. The van der Waals surface area contributed by atoms with Crippen LogP contribution in [0, 0.1) is 0 Å². The van der Waals surface area contributed by atoms with Gasteiger partial charge in [-0.05, 0) is 36.8 Å². The van der Waals surface area contributed by atoms with Crippen LogP contribution in [0.1, 0.15) is 17.9 Å². The quantitative estimate of drug-likeness (QED) is 0.494. The third kappa shape index (κ3) is 4.89. The molecule has 0 spiro atoms. The molecule has 4 rings (SSSR count). The first kappa shape index (κ1) is 21.3. The Hall–Kier alpha value is -2.89. The smallest absolute Gasteiger partial charge is 0.250 e. The van der Waals surface area contributed by atoms with E-state index in [2.05, 4.69) is 25.9 Å². The van der Waals surface area contributed by atoms with Crippen molar-refractivity contribution in [1.82, 2.24) is 15.8 Å². The number of ether oxygens (including phenoxy) is 1. The lowest BCUT2D eigenvalue weighted by Crippen LogP contribution is -2.34. The number of amides is 1. The standard InChI is InChI=1S/C20H26N6O4S/c1-30-19-16(13-11-21-22-12-13)6-7-18(24-19)26-9-8-17(20(26)27)23-14-4-3-5-15(10-14)25-31(2,28)29/h3-7,10,13,17,21-23,25H,8-9,11-12H2,1-2H3. The van der Waals surface area contributed by atoms with Gasteiger partial charge in [-0.3, -0.25) is 25.3 Å². The Morgan fingerprint density at radius 1 is 1.16 bits per heavy atom. The van der Waals surface area contributed by atoms with Crippen molar-refractivity contribution in [2.75, 3.05) is 47.9 Å². The van der Waals surface area contributed by atoms with E-state index in [1.165, 1.54) is 0 Å². The zero-order chi connectivity index (χ0) is 22.0. The summed E-state index contributed by atoms with van der Waals surface area (Å²) in [6, 6.07) is 10.2. The molecule has 11 heteroatoms. The second-order valence-corrected chi connectivity index (χ2v) is 9.41. The number of carbonyl (C=O) groups is 1. The molecule has 10 nitrogen and oxygen atoms in total. The Labute approximate surface area is 181 Å². The monoisotopic (exact) mass is 446 g/mol. The largest absolute Gasteiger partial charge is 0.481 e. The molecule has 31 heavy (non-hydrogen) atoms. The highest BCUT2D eigenvalue weighted by Crippen LogP contribution is 2.30. The minimum atomic E-state index is -3.37. The van der Waals surface area contributed by atoms with Crippen LogP contribution in [0.25, 0.3) is 0 Å². The average Bonchev–Trinajstić information content (AvgIpc) is 3.37. The molecular formula is C20H26N6O4S. The van der Waals surface area contributed by atoms with E-state index in [0.717, 1.165) is 24.9 Å². The molecular weight excluding hydrogens is 420 g/mol. The van der Waals surface area contributed by atoms with Gasteiger partial charge in [0.1, 0.15) is 11.9 Å². The molecule has 2 saturated heterocycles. The van der Waals surface area contributed by atoms with E-state index in [-0.39, 0.29) is 11.8 Å². The zero-order valence-electron chi connectivity index (χ0n) is 17.4. The summed E-state index contributed by atoms with van der Waals surface area (Å²) in [6.07, 6.45) is 1.70. The Kier molecular flexibility index (Phi) is 5.99. The van der Waals surface area contributed by atoms with Crippen molar-refractivity contribution in [2.24, 2.45) is 0 Å².